The van der Waals surface area contributed by atoms with E-state index in [4.69, 9.17) is 0 Å². The summed E-state index contributed by atoms with van der Waals surface area (Å²) in [4.78, 5) is 26.4. The molecule has 0 bridgehead atoms. The van der Waals surface area contributed by atoms with Crippen molar-refractivity contribution >= 4 is 33.4 Å². The minimum Gasteiger partial charge on any atom is -0.507 e. The lowest BCUT2D eigenvalue weighted by molar-refractivity contribution is -0.140. The molecule has 1 fully saturated rings. The third-order valence-electron chi connectivity index (χ3n) is 4.39. The quantitative estimate of drug-likeness (QED) is 0.456. The standard InChI is InChI=1S/C20H18BrNO4/c1-12-2-4-13(5-3-12)17-16(19(25)20(26)22(17)10-11-23)18(24)14-6-8-15(21)9-7-14/h2-9,17,23-24H,10-11H2,1H3/t17-/m1/s1. The number of halogens is 1. The molecule has 0 aliphatic carbocycles. The molecule has 1 saturated heterocycles. The first-order valence-electron chi connectivity index (χ1n) is 8.16. The van der Waals surface area contributed by atoms with E-state index in [2.05, 4.69) is 15.9 Å². The maximum atomic E-state index is 12.6. The average molecular weight is 416 g/mol. The number of rotatable bonds is 4. The Balaban J connectivity index is 2.17. The van der Waals surface area contributed by atoms with Crippen molar-refractivity contribution in [3.8, 4) is 0 Å². The van der Waals surface area contributed by atoms with Crippen LogP contribution in [0.1, 0.15) is 22.7 Å². The summed E-state index contributed by atoms with van der Waals surface area (Å²) in [6.45, 7) is 1.68. The van der Waals surface area contributed by atoms with Gasteiger partial charge in [0.2, 0.25) is 0 Å². The molecule has 0 spiro atoms. The summed E-state index contributed by atoms with van der Waals surface area (Å²) in [5.41, 5.74) is 2.24. The van der Waals surface area contributed by atoms with Crippen molar-refractivity contribution in [1.82, 2.24) is 4.90 Å². The molecular formula is C20H18BrNO4. The molecule has 0 unspecified atom stereocenters. The third-order valence-corrected chi connectivity index (χ3v) is 4.92. The van der Waals surface area contributed by atoms with Gasteiger partial charge in [0, 0.05) is 16.6 Å². The predicted octanol–water partition coefficient (Wildman–Crippen LogP) is 3.17. The highest BCUT2D eigenvalue weighted by Gasteiger charge is 2.45. The van der Waals surface area contributed by atoms with Gasteiger partial charge in [-0.15, -0.1) is 0 Å². The molecule has 2 aromatic carbocycles. The lowest BCUT2D eigenvalue weighted by atomic mass is 9.95. The number of hydrogen-bond acceptors (Lipinski definition) is 4. The molecule has 1 heterocycles. The first-order valence-corrected chi connectivity index (χ1v) is 8.95. The van der Waals surface area contributed by atoms with Crippen molar-refractivity contribution in [3.05, 3.63) is 75.3 Å². The average Bonchev–Trinajstić information content (AvgIpc) is 2.88. The molecule has 1 amide bonds. The summed E-state index contributed by atoms with van der Waals surface area (Å²) in [6, 6.07) is 13.5. The van der Waals surface area contributed by atoms with Crippen molar-refractivity contribution in [2.75, 3.05) is 13.2 Å². The molecule has 0 radical (unpaired) electrons. The Morgan fingerprint density at radius 2 is 1.69 bits per heavy atom. The maximum Gasteiger partial charge on any atom is 0.295 e. The van der Waals surface area contributed by atoms with Gasteiger partial charge in [-0.05, 0) is 24.6 Å². The van der Waals surface area contributed by atoms with Gasteiger partial charge in [0.05, 0.1) is 18.2 Å². The Labute approximate surface area is 159 Å². The summed E-state index contributed by atoms with van der Waals surface area (Å²) in [7, 11) is 0. The summed E-state index contributed by atoms with van der Waals surface area (Å²) < 4.78 is 0.838. The smallest absolute Gasteiger partial charge is 0.295 e. The Morgan fingerprint density at radius 1 is 1.08 bits per heavy atom. The van der Waals surface area contributed by atoms with Gasteiger partial charge in [0.1, 0.15) is 5.76 Å². The number of ketones is 1. The second-order valence-corrected chi connectivity index (χ2v) is 7.05. The van der Waals surface area contributed by atoms with Crippen LogP contribution in [0.5, 0.6) is 0 Å². The van der Waals surface area contributed by atoms with E-state index in [0.29, 0.717) is 11.1 Å². The molecule has 2 N–H and O–H groups in total. The summed E-state index contributed by atoms with van der Waals surface area (Å²) in [5.74, 6) is -1.69. The number of carbonyl (C=O) groups excluding carboxylic acids is 2. The number of aryl methyl sites for hydroxylation is 1. The van der Waals surface area contributed by atoms with E-state index in [1.807, 2.05) is 31.2 Å². The van der Waals surface area contributed by atoms with E-state index < -0.39 is 17.7 Å². The fourth-order valence-electron chi connectivity index (χ4n) is 3.08. The highest BCUT2D eigenvalue weighted by molar-refractivity contribution is 9.10. The molecule has 1 atom stereocenters. The van der Waals surface area contributed by atoms with Gasteiger partial charge in [-0.3, -0.25) is 9.59 Å². The molecule has 0 aromatic heterocycles. The van der Waals surface area contributed by atoms with Crippen molar-refractivity contribution in [1.29, 1.82) is 0 Å². The van der Waals surface area contributed by atoms with Crippen molar-refractivity contribution in [2.24, 2.45) is 0 Å². The van der Waals surface area contributed by atoms with Crippen LogP contribution in [0.25, 0.3) is 5.76 Å². The number of Topliss-reactive ketones (excluding diaryl/α,β-unsaturated/α-hetero) is 1. The van der Waals surface area contributed by atoms with E-state index in [1.54, 1.807) is 24.3 Å². The second-order valence-electron chi connectivity index (χ2n) is 6.13. The Bertz CT molecular complexity index is 872. The Morgan fingerprint density at radius 3 is 2.27 bits per heavy atom. The number of carbonyl (C=O) groups is 2. The summed E-state index contributed by atoms with van der Waals surface area (Å²) >= 11 is 3.33. The zero-order valence-electron chi connectivity index (χ0n) is 14.1. The molecule has 134 valence electrons. The molecular weight excluding hydrogens is 398 g/mol. The molecule has 1 aliphatic rings. The van der Waals surface area contributed by atoms with Crippen LogP contribution in [0.2, 0.25) is 0 Å². The number of β-amino-alcohol motifs (C(OH)–C–C–N with tert-alkyl or cyclic N) is 1. The number of amides is 1. The minimum atomic E-state index is -0.746. The number of hydrogen-bond donors (Lipinski definition) is 2. The first kappa shape index (κ1) is 18.4. The van der Waals surface area contributed by atoms with Crippen LogP contribution in [-0.4, -0.2) is 40.0 Å². The van der Waals surface area contributed by atoms with E-state index in [1.165, 1.54) is 4.90 Å². The van der Waals surface area contributed by atoms with Crippen LogP contribution in [0.3, 0.4) is 0 Å². The normalized spacial score (nSPS) is 19.2. The number of aliphatic hydroxyl groups is 2. The van der Waals surface area contributed by atoms with Crippen LogP contribution >= 0.6 is 15.9 Å². The van der Waals surface area contributed by atoms with Crippen LogP contribution in [-0.2, 0) is 9.59 Å². The van der Waals surface area contributed by atoms with Crippen LogP contribution < -0.4 is 0 Å². The van der Waals surface area contributed by atoms with Gasteiger partial charge < -0.3 is 15.1 Å². The zero-order valence-corrected chi connectivity index (χ0v) is 15.7. The van der Waals surface area contributed by atoms with Crippen LogP contribution in [0.15, 0.2) is 58.6 Å². The molecule has 26 heavy (non-hydrogen) atoms. The van der Waals surface area contributed by atoms with E-state index in [9.17, 15) is 19.8 Å². The maximum absolute atomic E-state index is 12.6. The number of nitrogens with zero attached hydrogens (tertiary/aromatic N) is 1. The van der Waals surface area contributed by atoms with E-state index in [-0.39, 0.29) is 24.5 Å². The minimum absolute atomic E-state index is 0.0141. The molecule has 5 nitrogen and oxygen atoms in total. The summed E-state index contributed by atoms with van der Waals surface area (Å²) in [5, 5.41) is 20.1. The molecule has 3 rings (SSSR count). The van der Waals surface area contributed by atoms with Gasteiger partial charge in [-0.1, -0.05) is 57.9 Å². The van der Waals surface area contributed by atoms with Gasteiger partial charge in [0.25, 0.3) is 11.7 Å². The van der Waals surface area contributed by atoms with Crippen molar-refractivity contribution in [3.63, 3.8) is 0 Å². The topological polar surface area (TPSA) is 77.8 Å². The highest BCUT2D eigenvalue weighted by Crippen LogP contribution is 2.39. The third kappa shape index (κ3) is 3.30. The zero-order chi connectivity index (χ0) is 18.8. The molecule has 0 saturated carbocycles. The molecule has 2 aromatic rings. The fraction of sp³-hybridized carbons (Fsp3) is 0.200. The largest absolute Gasteiger partial charge is 0.507 e. The number of benzene rings is 2. The second kappa shape index (κ2) is 7.43. The molecule has 6 heteroatoms. The van der Waals surface area contributed by atoms with Crippen LogP contribution in [0.4, 0.5) is 0 Å². The van der Waals surface area contributed by atoms with Gasteiger partial charge >= 0.3 is 0 Å². The Kier molecular flexibility index (Phi) is 5.25. The van der Waals surface area contributed by atoms with Crippen LogP contribution in [0, 0.1) is 6.92 Å². The van der Waals surface area contributed by atoms with Gasteiger partial charge in [0.15, 0.2) is 0 Å². The Hall–Kier alpha value is -2.44. The first-order chi connectivity index (χ1) is 12.4. The number of likely N-dealkylation sites (tertiary alicyclic amines) is 1. The molecule has 1 aliphatic heterocycles. The van der Waals surface area contributed by atoms with E-state index in [0.717, 1.165) is 10.0 Å². The predicted molar refractivity (Wildman–Crippen MR) is 101 cm³/mol. The van der Waals surface area contributed by atoms with E-state index >= 15 is 0 Å². The summed E-state index contributed by atoms with van der Waals surface area (Å²) in [6.07, 6.45) is 0. The number of aliphatic hydroxyl groups excluding tert-OH is 2. The lowest BCUT2D eigenvalue weighted by Gasteiger charge is -2.24. The van der Waals surface area contributed by atoms with Gasteiger partial charge in [-0.2, -0.15) is 0 Å². The SMILES string of the molecule is Cc1ccc([C@@H]2C(=C(O)c3ccc(Br)cc3)C(=O)C(=O)N2CCO)cc1. The monoisotopic (exact) mass is 415 g/mol. The van der Waals surface area contributed by atoms with Crippen molar-refractivity contribution < 1.29 is 19.8 Å². The van der Waals surface area contributed by atoms with Gasteiger partial charge in [-0.25, -0.2) is 0 Å². The van der Waals surface area contributed by atoms with Crippen molar-refractivity contribution in [2.45, 2.75) is 13.0 Å². The fourth-order valence-corrected chi connectivity index (χ4v) is 3.34. The lowest BCUT2D eigenvalue weighted by Crippen LogP contribution is -2.32. The highest BCUT2D eigenvalue weighted by atomic mass is 79.9.